The number of aromatic hydroxyl groups is 1. The maximum Gasteiger partial charge on any atom is 0.255 e. The van der Waals surface area contributed by atoms with Crippen LogP contribution in [0.2, 0.25) is 0 Å². The number of hydrogen-bond acceptors (Lipinski definition) is 10. The Labute approximate surface area is 216 Å². The topological polar surface area (TPSA) is 198 Å². The van der Waals surface area contributed by atoms with Gasteiger partial charge in [0.05, 0.1) is 11.6 Å². The standard InChI is InChI=1S/C27H24N4O7/c1-31(2)21-16-8-12-7-15-14(11-3-4-13(9-28)30-10-11)5-6-17(32)19(15)22(33)18(12)24(35)27(16,38)25(36)20(23(21)34)26(29)37/h3-6,10,12,16,21,32,34-35,38H,7-8H2,1-2H3,(H2,29,37)/t12-,16-,21-,27-/m0/s1. The van der Waals surface area contributed by atoms with Gasteiger partial charge in [-0.2, -0.15) is 5.26 Å². The Bertz CT molecular complexity index is 1530. The van der Waals surface area contributed by atoms with Crippen LogP contribution in [0.4, 0.5) is 0 Å². The van der Waals surface area contributed by atoms with Gasteiger partial charge in [0, 0.05) is 23.3 Å². The number of phenols is 1. The van der Waals surface area contributed by atoms with E-state index in [9.17, 15) is 34.8 Å². The molecule has 0 aliphatic heterocycles. The van der Waals surface area contributed by atoms with Crippen molar-refractivity contribution in [1.82, 2.24) is 9.88 Å². The first-order valence-corrected chi connectivity index (χ1v) is 11.8. The van der Waals surface area contributed by atoms with E-state index in [-0.39, 0.29) is 35.4 Å². The molecule has 0 fully saturated rings. The number of phenolic OH excluding ortho intramolecular Hbond substituents is 1. The number of nitriles is 1. The number of rotatable bonds is 3. The van der Waals surface area contributed by atoms with Crippen LogP contribution in [0.5, 0.6) is 5.75 Å². The summed E-state index contributed by atoms with van der Waals surface area (Å²) in [7, 11) is 3.14. The lowest BCUT2D eigenvalue weighted by atomic mass is 9.58. The zero-order chi connectivity index (χ0) is 27.7. The molecule has 6 N–H and O–H groups in total. The number of primary amides is 1. The summed E-state index contributed by atoms with van der Waals surface area (Å²) in [5.41, 5.74) is 3.37. The highest BCUT2D eigenvalue weighted by Crippen LogP contribution is 2.53. The van der Waals surface area contributed by atoms with E-state index in [1.165, 1.54) is 23.2 Å². The number of carbonyl (C=O) groups excluding carboxylic acids is 3. The molecule has 0 spiro atoms. The molecule has 11 nitrogen and oxygen atoms in total. The molecule has 4 atom stereocenters. The van der Waals surface area contributed by atoms with E-state index >= 15 is 0 Å². The zero-order valence-corrected chi connectivity index (χ0v) is 20.5. The van der Waals surface area contributed by atoms with Crippen molar-refractivity contribution in [3.8, 4) is 22.9 Å². The van der Waals surface area contributed by atoms with Crippen LogP contribution in [0, 0.1) is 23.2 Å². The Kier molecular flexibility index (Phi) is 5.63. The number of pyridine rings is 1. The van der Waals surface area contributed by atoms with Crippen LogP contribution in [0.15, 0.2) is 53.1 Å². The summed E-state index contributed by atoms with van der Waals surface area (Å²) in [5, 5.41) is 53.5. The molecular weight excluding hydrogens is 492 g/mol. The first-order valence-electron chi connectivity index (χ1n) is 11.8. The third-order valence-corrected chi connectivity index (χ3v) is 7.80. The van der Waals surface area contributed by atoms with Crippen LogP contribution < -0.4 is 5.73 Å². The number of carbonyl (C=O) groups is 3. The highest BCUT2D eigenvalue weighted by Gasteiger charge is 2.63. The number of nitrogens with zero attached hydrogens (tertiary/aromatic N) is 3. The van der Waals surface area contributed by atoms with Gasteiger partial charge in [-0.05, 0) is 62.2 Å². The SMILES string of the molecule is CN(C)[C@@H]1C(O)=C(C(N)=O)C(=O)[C@@]2(O)C(O)=C3C(=O)c4c(O)ccc(-c5ccc(C#N)nc5)c4C[C@H]3C[C@@H]12. The highest BCUT2D eigenvalue weighted by atomic mass is 16.3. The lowest BCUT2D eigenvalue weighted by Crippen LogP contribution is -2.63. The quantitative estimate of drug-likeness (QED) is 0.368. The van der Waals surface area contributed by atoms with Gasteiger partial charge in [0.1, 0.15) is 34.6 Å². The largest absolute Gasteiger partial charge is 0.510 e. The molecule has 3 aliphatic rings. The molecule has 0 saturated heterocycles. The van der Waals surface area contributed by atoms with E-state index in [4.69, 9.17) is 11.0 Å². The molecule has 1 aromatic carbocycles. The maximum atomic E-state index is 13.8. The van der Waals surface area contributed by atoms with Crippen LogP contribution in [0.1, 0.15) is 28.0 Å². The van der Waals surface area contributed by atoms with E-state index in [1.54, 1.807) is 26.2 Å². The van der Waals surface area contributed by atoms with E-state index < -0.39 is 58.0 Å². The third kappa shape index (κ3) is 3.27. The highest BCUT2D eigenvalue weighted by molar-refractivity contribution is 6.24. The molecule has 0 unspecified atom stereocenters. The van der Waals surface area contributed by atoms with Crippen LogP contribution in [0.3, 0.4) is 0 Å². The monoisotopic (exact) mass is 516 g/mol. The molecule has 5 rings (SSSR count). The molecule has 0 radical (unpaired) electrons. The summed E-state index contributed by atoms with van der Waals surface area (Å²) in [6, 6.07) is 7.02. The van der Waals surface area contributed by atoms with Crippen molar-refractivity contribution in [2.75, 3.05) is 14.1 Å². The van der Waals surface area contributed by atoms with Crippen molar-refractivity contribution in [1.29, 1.82) is 5.26 Å². The number of aromatic nitrogens is 1. The molecule has 1 amide bonds. The molecule has 2 aromatic rings. The smallest absolute Gasteiger partial charge is 0.255 e. The van der Waals surface area contributed by atoms with E-state index in [2.05, 4.69) is 4.98 Å². The summed E-state index contributed by atoms with van der Waals surface area (Å²) < 4.78 is 0. The first kappa shape index (κ1) is 25.1. The van der Waals surface area contributed by atoms with Gasteiger partial charge in [0.2, 0.25) is 5.78 Å². The van der Waals surface area contributed by atoms with Gasteiger partial charge < -0.3 is 26.2 Å². The number of benzene rings is 1. The summed E-state index contributed by atoms with van der Waals surface area (Å²) in [4.78, 5) is 44.7. The lowest BCUT2D eigenvalue weighted by molar-refractivity contribution is -0.148. The predicted molar refractivity (Wildman–Crippen MR) is 132 cm³/mol. The molecular formula is C27H24N4O7. The summed E-state index contributed by atoms with van der Waals surface area (Å²) >= 11 is 0. The molecule has 1 heterocycles. The fourth-order valence-corrected chi connectivity index (χ4v) is 6.14. The van der Waals surface area contributed by atoms with Gasteiger partial charge in [0.15, 0.2) is 11.4 Å². The van der Waals surface area contributed by atoms with E-state index in [0.29, 0.717) is 16.7 Å². The molecule has 194 valence electrons. The number of likely N-dealkylation sites (N-methyl/N-ethyl adjacent to an activating group) is 1. The Morgan fingerprint density at radius 1 is 1.18 bits per heavy atom. The average Bonchev–Trinajstić information content (AvgIpc) is 2.86. The summed E-state index contributed by atoms with van der Waals surface area (Å²) in [5.74, 6) is -7.00. The molecule has 1 aromatic heterocycles. The number of nitrogens with two attached hydrogens (primary N) is 1. The normalized spacial score (nSPS) is 26.6. The third-order valence-electron chi connectivity index (χ3n) is 7.80. The first-order chi connectivity index (χ1) is 17.9. The molecule has 0 saturated carbocycles. The van der Waals surface area contributed by atoms with E-state index in [1.807, 2.05) is 6.07 Å². The van der Waals surface area contributed by atoms with Crippen molar-refractivity contribution in [3.05, 3.63) is 69.9 Å². The number of allylic oxidation sites excluding steroid dienone is 1. The fraction of sp³-hybridized carbons (Fsp3) is 0.296. The van der Waals surface area contributed by atoms with Crippen LogP contribution in [-0.2, 0) is 16.0 Å². The Hall–Kier alpha value is -4.53. The van der Waals surface area contributed by atoms with Gasteiger partial charge in [-0.25, -0.2) is 4.98 Å². The summed E-state index contributed by atoms with van der Waals surface area (Å²) in [6.45, 7) is 0. The number of ketones is 2. The van der Waals surface area contributed by atoms with E-state index in [0.717, 1.165) is 0 Å². The van der Waals surface area contributed by atoms with Crippen molar-refractivity contribution < 1.29 is 34.8 Å². The predicted octanol–water partition coefficient (Wildman–Crippen LogP) is 1.05. The second kappa shape index (κ2) is 8.51. The fourth-order valence-electron chi connectivity index (χ4n) is 6.14. The second-order valence-electron chi connectivity index (χ2n) is 9.99. The minimum absolute atomic E-state index is 0.00746. The lowest BCUT2D eigenvalue weighted by Gasteiger charge is -2.50. The number of aliphatic hydroxyl groups is 3. The van der Waals surface area contributed by atoms with Gasteiger partial charge in [-0.15, -0.1) is 0 Å². The van der Waals surface area contributed by atoms with Crippen molar-refractivity contribution in [3.63, 3.8) is 0 Å². The van der Waals surface area contributed by atoms with Gasteiger partial charge in [0.25, 0.3) is 5.91 Å². The number of fused-ring (bicyclic) bond motifs is 3. The molecule has 0 bridgehead atoms. The molecule has 3 aliphatic carbocycles. The zero-order valence-electron chi connectivity index (χ0n) is 20.5. The second-order valence-corrected chi connectivity index (χ2v) is 9.99. The molecule has 11 heteroatoms. The van der Waals surface area contributed by atoms with Crippen LogP contribution in [0.25, 0.3) is 11.1 Å². The molecule has 38 heavy (non-hydrogen) atoms. The average molecular weight is 517 g/mol. The van der Waals surface area contributed by atoms with Crippen molar-refractivity contribution in [2.24, 2.45) is 17.6 Å². The van der Waals surface area contributed by atoms with Gasteiger partial charge in [-0.1, -0.05) is 6.07 Å². The van der Waals surface area contributed by atoms with Crippen molar-refractivity contribution >= 4 is 17.5 Å². The maximum absolute atomic E-state index is 13.8. The van der Waals surface area contributed by atoms with Crippen molar-refractivity contribution in [2.45, 2.75) is 24.5 Å². The van der Waals surface area contributed by atoms with Gasteiger partial charge in [-0.3, -0.25) is 19.3 Å². The Morgan fingerprint density at radius 2 is 1.89 bits per heavy atom. The Balaban J connectivity index is 1.71. The van der Waals surface area contributed by atoms with Gasteiger partial charge >= 0.3 is 0 Å². The minimum Gasteiger partial charge on any atom is -0.510 e. The summed E-state index contributed by atoms with van der Waals surface area (Å²) in [6.07, 6.45) is 1.62. The number of amides is 1. The number of hydrogen-bond donors (Lipinski definition) is 5. The van der Waals surface area contributed by atoms with Crippen LogP contribution in [-0.4, -0.2) is 73.5 Å². The Morgan fingerprint density at radius 3 is 2.47 bits per heavy atom. The van der Waals surface area contributed by atoms with Crippen LogP contribution >= 0.6 is 0 Å². The number of Topliss-reactive ketones (excluding diaryl/α,β-unsaturated/α-hetero) is 2. The number of aliphatic hydroxyl groups excluding tert-OH is 2. The minimum atomic E-state index is -2.69.